The second-order valence-electron chi connectivity index (χ2n) is 9.71. The lowest BCUT2D eigenvalue weighted by atomic mass is 9.88. The van der Waals surface area contributed by atoms with Crippen LogP contribution >= 0.6 is 0 Å². The lowest BCUT2D eigenvalue weighted by Crippen LogP contribution is -2.48. The van der Waals surface area contributed by atoms with E-state index >= 15 is 0 Å². The first-order valence-corrected chi connectivity index (χ1v) is 12.8. The van der Waals surface area contributed by atoms with Crippen molar-refractivity contribution in [1.29, 1.82) is 0 Å². The van der Waals surface area contributed by atoms with Crippen LogP contribution in [0.3, 0.4) is 0 Å². The van der Waals surface area contributed by atoms with E-state index in [0.29, 0.717) is 25.6 Å². The van der Waals surface area contributed by atoms with Crippen molar-refractivity contribution in [3.05, 3.63) is 96.1 Å². The summed E-state index contributed by atoms with van der Waals surface area (Å²) in [6.07, 6.45) is -0.233. The quantitative estimate of drug-likeness (QED) is 0.478. The normalized spacial score (nSPS) is 20.4. The first-order valence-electron chi connectivity index (χ1n) is 12.8. The molecule has 1 amide bonds. The zero-order chi connectivity index (χ0) is 24.7. The third kappa shape index (κ3) is 5.82. The number of rotatable bonds is 7. The summed E-state index contributed by atoms with van der Waals surface area (Å²) in [5.41, 5.74) is 3.52. The van der Waals surface area contributed by atoms with Crippen molar-refractivity contribution in [2.75, 3.05) is 57.8 Å². The third-order valence-electron chi connectivity index (χ3n) is 7.41. The molecule has 36 heavy (non-hydrogen) atoms. The van der Waals surface area contributed by atoms with Crippen molar-refractivity contribution in [1.82, 2.24) is 9.80 Å². The number of nitrogens with zero attached hydrogens (tertiary/aromatic N) is 3. The molecule has 188 valence electrons. The Morgan fingerprint density at radius 1 is 0.861 bits per heavy atom. The summed E-state index contributed by atoms with van der Waals surface area (Å²) in [7, 11) is 1.70. The number of likely N-dealkylation sites (tertiary alicyclic amines) is 1. The largest absolute Gasteiger partial charge is 0.497 e. The van der Waals surface area contributed by atoms with Gasteiger partial charge in [-0.3, -0.25) is 4.90 Å². The smallest absolute Gasteiger partial charge is 0.410 e. The van der Waals surface area contributed by atoms with Crippen LogP contribution in [0.1, 0.15) is 17.0 Å². The van der Waals surface area contributed by atoms with Crippen LogP contribution in [-0.4, -0.2) is 68.8 Å². The Bertz CT molecular complexity index is 1120. The number of carbonyl (C=O) groups is 1. The second kappa shape index (κ2) is 11.5. The highest BCUT2D eigenvalue weighted by atomic mass is 16.6. The van der Waals surface area contributed by atoms with Crippen LogP contribution in [0.5, 0.6) is 5.75 Å². The van der Waals surface area contributed by atoms with Gasteiger partial charge in [-0.2, -0.15) is 0 Å². The lowest BCUT2D eigenvalue weighted by Gasteiger charge is -2.37. The van der Waals surface area contributed by atoms with E-state index in [0.717, 1.165) is 44.0 Å². The standard InChI is InChI=1S/C30H35N3O3/c1-35-28-14-8-11-25(19-28)29-22-33(30(34)36-23-24-9-4-2-5-10-24)21-26(29)20-31-15-17-32(18-16-31)27-12-6-3-7-13-27/h2-14,19,26,29H,15-18,20-23H2,1H3. The molecule has 0 bridgehead atoms. The Morgan fingerprint density at radius 2 is 1.58 bits per heavy atom. The molecule has 6 heteroatoms. The van der Waals surface area contributed by atoms with Gasteiger partial charge < -0.3 is 19.3 Å². The van der Waals surface area contributed by atoms with Crippen LogP contribution < -0.4 is 9.64 Å². The highest BCUT2D eigenvalue weighted by Gasteiger charge is 2.38. The Balaban J connectivity index is 1.24. The molecule has 0 N–H and O–H groups in total. The minimum atomic E-state index is -0.233. The van der Waals surface area contributed by atoms with Gasteiger partial charge in [-0.05, 0) is 41.3 Å². The number of carbonyl (C=O) groups excluding carboxylic acids is 1. The monoisotopic (exact) mass is 485 g/mol. The van der Waals surface area contributed by atoms with Crippen LogP contribution in [0.4, 0.5) is 10.5 Å². The molecule has 0 radical (unpaired) electrons. The number of anilines is 1. The van der Waals surface area contributed by atoms with E-state index in [1.54, 1.807) is 7.11 Å². The number of ether oxygens (including phenoxy) is 2. The van der Waals surface area contributed by atoms with Crippen LogP contribution in [0.25, 0.3) is 0 Å². The predicted molar refractivity (Wildman–Crippen MR) is 143 cm³/mol. The van der Waals surface area contributed by atoms with Crippen molar-refractivity contribution in [2.24, 2.45) is 5.92 Å². The molecule has 6 nitrogen and oxygen atoms in total. The summed E-state index contributed by atoms with van der Waals surface area (Å²) in [6.45, 7) is 6.71. The molecule has 0 saturated carbocycles. The average Bonchev–Trinajstić information content (AvgIpc) is 3.37. The van der Waals surface area contributed by atoms with Crippen molar-refractivity contribution in [3.8, 4) is 5.75 Å². The number of para-hydroxylation sites is 1. The summed E-state index contributed by atoms with van der Waals surface area (Å²) >= 11 is 0. The van der Waals surface area contributed by atoms with E-state index in [2.05, 4.69) is 52.3 Å². The number of hydrogen-bond donors (Lipinski definition) is 0. The SMILES string of the molecule is COc1cccc(C2CN(C(=O)OCc3ccccc3)CC2CN2CCN(c3ccccc3)CC2)c1. The Hall–Kier alpha value is -3.51. The molecule has 0 spiro atoms. The summed E-state index contributed by atoms with van der Waals surface area (Å²) in [6, 6.07) is 28.8. The molecule has 3 aromatic rings. The van der Waals surface area contributed by atoms with Crippen LogP contribution in [0, 0.1) is 5.92 Å². The average molecular weight is 486 g/mol. The minimum Gasteiger partial charge on any atom is -0.497 e. The molecule has 2 heterocycles. The fourth-order valence-corrected chi connectivity index (χ4v) is 5.42. The fourth-order valence-electron chi connectivity index (χ4n) is 5.42. The van der Waals surface area contributed by atoms with Gasteiger partial charge in [0.1, 0.15) is 12.4 Å². The summed E-state index contributed by atoms with van der Waals surface area (Å²) in [4.78, 5) is 19.9. The van der Waals surface area contributed by atoms with Crippen molar-refractivity contribution in [2.45, 2.75) is 12.5 Å². The molecule has 2 aliphatic heterocycles. The van der Waals surface area contributed by atoms with E-state index in [9.17, 15) is 4.79 Å². The van der Waals surface area contributed by atoms with Gasteiger partial charge in [0.25, 0.3) is 0 Å². The molecule has 2 aliphatic rings. The molecular weight excluding hydrogens is 450 g/mol. The summed E-state index contributed by atoms with van der Waals surface area (Å²) in [5, 5.41) is 0. The summed E-state index contributed by atoms with van der Waals surface area (Å²) < 4.78 is 11.2. The topological polar surface area (TPSA) is 45.2 Å². The first-order chi connectivity index (χ1) is 17.7. The van der Waals surface area contributed by atoms with E-state index in [4.69, 9.17) is 9.47 Å². The number of hydrogen-bond acceptors (Lipinski definition) is 5. The lowest BCUT2D eigenvalue weighted by molar-refractivity contribution is 0.102. The van der Waals surface area contributed by atoms with E-state index in [1.807, 2.05) is 47.4 Å². The van der Waals surface area contributed by atoms with Crippen LogP contribution in [-0.2, 0) is 11.3 Å². The van der Waals surface area contributed by atoms with Gasteiger partial charge >= 0.3 is 6.09 Å². The maximum atomic E-state index is 13.0. The molecule has 2 atom stereocenters. The molecule has 0 aromatic heterocycles. The molecular formula is C30H35N3O3. The van der Waals surface area contributed by atoms with Crippen LogP contribution in [0.2, 0.25) is 0 Å². The van der Waals surface area contributed by atoms with E-state index in [1.165, 1.54) is 11.3 Å². The fraction of sp³-hybridized carbons (Fsp3) is 0.367. The van der Waals surface area contributed by atoms with Gasteiger partial charge in [0.15, 0.2) is 0 Å². The maximum absolute atomic E-state index is 13.0. The number of amides is 1. The second-order valence-corrected chi connectivity index (χ2v) is 9.71. The molecule has 0 aliphatic carbocycles. The Labute approximate surface area is 214 Å². The van der Waals surface area contributed by atoms with Crippen LogP contribution in [0.15, 0.2) is 84.9 Å². The van der Waals surface area contributed by atoms with Gasteiger partial charge in [0.2, 0.25) is 0 Å². The number of piperazine rings is 1. The zero-order valence-electron chi connectivity index (χ0n) is 21.0. The van der Waals surface area contributed by atoms with Crippen molar-refractivity contribution >= 4 is 11.8 Å². The van der Waals surface area contributed by atoms with E-state index < -0.39 is 0 Å². The third-order valence-corrected chi connectivity index (χ3v) is 7.41. The van der Waals surface area contributed by atoms with Gasteiger partial charge in [-0.25, -0.2) is 4.79 Å². The van der Waals surface area contributed by atoms with Gasteiger partial charge in [-0.1, -0.05) is 60.7 Å². The molecule has 5 rings (SSSR count). The Morgan fingerprint density at radius 3 is 2.31 bits per heavy atom. The maximum Gasteiger partial charge on any atom is 0.410 e. The van der Waals surface area contributed by atoms with Gasteiger partial charge in [0, 0.05) is 57.4 Å². The van der Waals surface area contributed by atoms with Crippen molar-refractivity contribution < 1.29 is 14.3 Å². The highest BCUT2D eigenvalue weighted by molar-refractivity contribution is 5.68. The molecule has 2 unspecified atom stereocenters. The van der Waals surface area contributed by atoms with Gasteiger partial charge in [-0.15, -0.1) is 0 Å². The highest BCUT2D eigenvalue weighted by Crippen LogP contribution is 2.35. The first kappa shape index (κ1) is 24.2. The zero-order valence-corrected chi connectivity index (χ0v) is 21.0. The molecule has 2 fully saturated rings. The van der Waals surface area contributed by atoms with Crippen molar-refractivity contribution in [3.63, 3.8) is 0 Å². The minimum absolute atomic E-state index is 0.233. The molecule has 3 aromatic carbocycles. The predicted octanol–water partition coefficient (Wildman–Crippen LogP) is 4.87. The Kier molecular flexibility index (Phi) is 7.72. The molecule has 2 saturated heterocycles. The summed E-state index contributed by atoms with van der Waals surface area (Å²) in [5.74, 6) is 1.44. The van der Waals surface area contributed by atoms with Gasteiger partial charge in [0.05, 0.1) is 7.11 Å². The van der Waals surface area contributed by atoms with E-state index in [-0.39, 0.29) is 12.0 Å². The number of benzene rings is 3. The number of methoxy groups -OCH3 is 1.